The molecule has 7 heteroatoms. The fourth-order valence-electron chi connectivity index (χ4n) is 2.11. The van der Waals surface area contributed by atoms with Crippen LogP contribution in [0.15, 0.2) is 36.7 Å². The van der Waals surface area contributed by atoms with E-state index in [4.69, 9.17) is 0 Å². The van der Waals surface area contributed by atoms with Crippen LogP contribution in [0.1, 0.15) is 18.4 Å². The molecule has 2 aromatic heterocycles. The van der Waals surface area contributed by atoms with Crippen molar-refractivity contribution in [1.29, 1.82) is 0 Å². The lowest BCUT2D eigenvalue weighted by atomic mass is 10.2. The number of hydrogen-bond donors (Lipinski definition) is 0. The molecule has 3 aromatic rings. The summed E-state index contributed by atoms with van der Waals surface area (Å²) in [4.78, 5) is 11.4. The molecule has 3 rings (SSSR count). The summed E-state index contributed by atoms with van der Waals surface area (Å²) in [6.07, 6.45) is -2.76. The van der Waals surface area contributed by atoms with Crippen molar-refractivity contribution in [2.45, 2.75) is 19.5 Å². The van der Waals surface area contributed by atoms with Gasteiger partial charge in [-0.3, -0.25) is 4.57 Å². The van der Waals surface area contributed by atoms with Gasteiger partial charge < -0.3 is 0 Å². The number of benzene rings is 1. The highest BCUT2D eigenvalue weighted by atomic mass is 19.4. The van der Waals surface area contributed by atoms with Crippen LogP contribution in [-0.4, -0.2) is 19.5 Å². The standard InChI is InChI=1S/C14H11F3N4/c1-2-10-11-12(20-13(19-10)14(15,16)17)21(8-18-11)9-6-4-3-5-7-9/h3-8H,2H2,1H3. The molecule has 0 saturated carbocycles. The molecule has 108 valence electrons. The molecular formula is C14H11F3N4. The summed E-state index contributed by atoms with van der Waals surface area (Å²) in [5.74, 6) is -1.13. The fourth-order valence-corrected chi connectivity index (χ4v) is 2.11. The van der Waals surface area contributed by atoms with Crippen LogP contribution >= 0.6 is 0 Å². The predicted octanol–water partition coefficient (Wildman–Crippen LogP) is 3.40. The van der Waals surface area contributed by atoms with Gasteiger partial charge in [0.15, 0.2) is 5.65 Å². The van der Waals surface area contributed by atoms with Crippen LogP contribution in [0.3, 0.4) is 0 Å². The maximum Gasteiger partial charge on any atom is 0.451 e. The highest BCUT2D eigenvalue weighted by Gasteiger charge is 2.36. The third-order valence-electron chi connectivity index (χ3n) is 3.09. The summed E-state index contributed by atoms with van der Waals surface area (Å²) in [5.41, 5.74) is 1.56. The summed E-state index contributed by atoms with van der Waals surface area (Å²) in [6.45, 7) is 1.74. The Labute approximate surface area is 118 Å². The van der Waals surface area contributed by atoms with Crippen LogP contribution in [0.4, 0.5) is 13.2 Å². The Kier molecular flexibility index (Phi) is 3.12. The fraction of sp³-hybridized carbons (Fsp3) is 0.214. The first kappa shape index (κ1) is 13.5. The number of alkyl halides is 3. The molecule has 0 aliphatic rings. The van der Waals surface area contributed by atoms with E-state index < -0.39 is 12.0 Å². The normalized spacial score (nSPS) is 12.0. The molecule has 21 heavy (non-hydrogen) atoms. The third-order valence-corrected chi connectivity index (χ3v) is 3.09. The van der Waals surface area contributed by atoms with Gasteiger partial charge >= 0.3 is 6.18 Å². The summed E-state index contributed by atoms with van der Waals surface area (Å²) < 4.78 is 40.3. The second-order valence-corrected chi connectivity index (χ2v) is 4.47. The first-order valence-corrected chi connectivity index (χ1v) is 6.37. The van der Waals surface area contributed by atoms with Crippen molar-refractivity contribution >= 4 is 11.2 Å². The van der Waals surface area contributed by atoms with E-state index in [-0.39, 0.29) is 5.65 Å². The van der Waals surface area contributed by atoms with Crippen LogP contribution in [0, 0.1) is 0 Å². The Hall–Kier alpha value is -2.44. The second kappa shape index (κ2) is 4.83. The van der Waals surface area contributed by atoms with E-state index >= 15 is 0 Å². The molecule has 0 radical (unpaired) electrons. The van der Waals surface area contributed by atoms with Crippen molar-refractivity contribution in [3.8, 4) is 5.69 Å². The van der Waals surface area contributed by atoms with Crippen LogP contribution in [0.5, 0.6) is 0 Å². The summed E-state index contributed by atoms with van der Waals surface area (Å²) >= 11 is 0. The Morgan fingerprint density at radius 3 is 2.43 bits per heavy atom. The Morgan fingerprint density at radius 1 is 1.10 bits per heavy atom. The van der Waals surface area contributed by atoms with Crippen molar-refractivity contribution in [2.75, 3.05) is 0 Å². The van der Waals surface area contributed by atoms with Gasteiger partial charge in [-0.1, -0.05) is 25.1 Å². The minimum Gasteiger partial charge on any atom is -0.283 e. The zero-order valence-electron chi connectivity index (χ0n) is 11.1. The molecule has 0 bridgehead atoms. The van der Waals surface area contributed by atoms with Gasteiger partial charge in [0.25, 0.3) is 0 Å². The van der Waals surface area contributed by atoms with Gasteiger partial charge in [0.05, 0.1) is 5.69 Å². The molecule has 0 aliphatic carbocycles. The molecule has 0 fully saturated rings. The highest BCUT2D eigenvalue weighted by molar-refractivity contribution is 5.75. The smallest absolute Gasteiger partial charge is 0.283 e. The van der Waals surface area contributed by atoms with Crippen LogP contribution < -0.4 is 0 Å². The van der Waals surface area contributed by atoms with Crippen molar-refractivity contribution in [2.24, 2.45) is 0 Å². The summed E-state index contributed by atoms with van der Waals surface area (Å²) in [7, 11) is 0. The summed E-state index contributed by atoms with van der Waals surface area (Å²) in [6, 6.07) is 8.99. The van der Waals surface area contributed by atoms with Crippen molar-refractivity contribution in [1.82, 2.24) is 19.5 Å². The van der Waals surface area contributed by atoms with Crippen molar-refractivity contribution in [3.63, 3.8) is 0 Å². The van der Waals surface area contributed by atoms with Gasteiger partial charge in [0.1, 0.15) is 11.8 Å². The maximum absolute atomic E-state index is 12.9. The minimum atomic E-state index is -4.58. The number of aryl methyl sites for hydroxylation is 1. The number of para-hydroxylation sites is 1. The van der Waals surface area contributed by atoms with Crippen LogP contribution in [0.2, 0.25) is 0 Å². The quantitative estimate of drug-likeness (QED) is 0.727. The van der Waals surface area contributed by atoms with E-state index in [2.05, 4.69) is 15.0 Å². The first-order chi connectivity index (χ1) is 10.0. The molecule has 0 saturated heterocycles. The third kappa shape index (κ3) is 2.35. The number of rotatable bonds is 2. The SMILES string of the molecule is CCc1nc(C(F)(F)F)nc2c1ncn2-c1ccccc1. The number of halogens is 3. The van der Waals surface area contributed by atoms with Gasteiger partial charge in [0, 0.05) is 5.69 Å². The number of hydrogen-bond acceptors (Lipinski definition) is 3. The second-order valence-electron chi connectivity index (χ2n) is 4.47. The highest BCUT2D eigenvalue weighted by Crippen LogP contribution is 2.29. The molecule has 4 nitrogen and oxygen atoms in total. The number of imidazole rings is 1. The predicted molar refractivity (Wildman–Crippen MR) is 71.0 cm³/mol. The Balaban J connectivity index is 2.29. The lowest BCUT2D eigenvalue weighted by molar-refractivity contribution is -0.144. The summed E-state index contributed by atoms with van der Waals surface area (Å²) in [5, 5.41) is 0. The molecule has 0 N–H and O–H groups in total. The number of aromatic nitrogens is 4. The molecule has 0 unspecified atom stereocenters. The van der Waals surface area contributed by atoms with E-state index in [1.807, 2.05) is 6.07 Å². The lowest BCUT2D eigenvalue weighted by Gasteiger charge is -2.08. The van der Waals surface area contributed by atoms with E-state index in [9.17, 15) is 13.2 Å². The number of nitrogens with zero attached hydrogens (tertiary/aromatic N) is 4. The van der Waals surface area contributed by atoms with Gasteiger partial charge in [-0.2, -0.15) is 13.2 Å². The van der Waals surface area contributed by atoms with Crippen LogP contribution in [0.25, 0.3) is 16.9 Å². The van der Waals surface area contributed by atoms with E-state index in [1.54, 1.807) is 31.2 Å². The molecule has 2 heterocycles. The molecule has 0 amide bonds. The first-order valence-electron chi connectivity index (χ1n) is 6.37. The van der Waals surface area contributed by atoms with E-state index in [1.165, 1.54) is 10.9 Å². The molecule has 0 atom stereocenters. The molecule has 1 aromatic carbocycles. The lowest BCUT2D eigenvalue weighted by Crippen LogP contribution is -2.13. The topological polar surface area (TPSA) is 43.6 Å². The Bertz CT molecular complexity index is 778. The van der Waals surface area contributed by atoms with Crippen molar-refractivity contribution in [3.05, 3.63) is 48.2 Å². The zero-order chi connectivity index (χ0) is 15.0. The van der Waals surface area contributed by atoms with Crippen molar-refractivity contribution < 1.29 is 13.2 Å². The molecule has 0 spiro atoms. The van der Waals surface area contributed by atoms with E-state index in [0.29, 0.717) is 23.3 Å². The largest absolute Gasteiger partial charge is 0.451 e. The van der Waals surface area contributed by atoms with E-state index in [0.717, 1.165) is 0 Å². The average molecular weight is 292 g/mol. The Morgan fingerprint density at radius 2 is 1.81 bits per heavy atom. The minimum absolute atomic E-state index is 0.167. The molecular weight excluding hydrogens is 281 g/mol. The monoisotopic (exact) mass is 292 g/mol. The van der Waals surface area contributed by atoms with Crippen LogP contribution in [-0.2, 0) is 12.6 Å². The zero-order valence-corrected chi connectivity index (χ0v) is 11.1. The molecule has 0 aliphatic heterocycles. The van der Waals surface area contributed by atoms with Gasteiger partial charge in [0.2, 0.25) is 5.82 Å². The van der Waals surface area contributed by atoms with Gasteiger partial charge in [-0.05, 0) is 18.6 Å². The maximum atomic E-state index is 12.9. The number of fused-ring (bicyclic) bond motifs is 1. The van der Waals surface area contributed by atoms with Gasteiger partial charge in [-0.15, -0.1) is 0 Å². The van der Waals surface area contributed by atoms with Gasteiger partial charge in [-0.25, -0.2) is 15.0 Å². The average Bonchev–Trinajstić information content (AvgIpc) is 2.90.